The number of nitrogens with zero attached hydrogens (tertiary/aromatic N) is 7. The number of aliphatic hydroxyl groups is 1. The Morgan fingerprint density at radius 2 is 2.05 bits per heavy atom. The van der Waals surface area contributed by atoms with Gasteiger partial charge in [0.25, 0.3) is 0 Å². The van der Waals surface area contributed by atoms with E-state index in [2.05, 4.69) is 57.0 Å². The van der Waals surface area contributed by atoms with Crippen LogP contribution in [0.1, 0.15) is 31.1 Å². The Labute approximate surface area is 216 Å². The molecule has 0 aromatic carbocycles. The molecule has 3 atom stereocenters. The van der Waals surface area contributed by atoms with Crippen molar-refractivity contribution >= 4 is 11.1 Å². The monoisotopic (exact) mass is 502 g/mol. The van der Waals surface area contributed by atoms with Crippen LogP contribution in [0.5, 0.6) is 5.88 Å². The third kappa shape index (κ3) is 4.05. The summed E-state index contributed by atoms with van der Waals surface area (Å²) in [4.78, 5) is 12.0. The number of aromatic nitrogens is 5. The summed E-state index contributed by atoms with van der Waals surface area (Å²) in [7, 11) is 4.01. The quantitative estimate of drug-likeness (QED) is 0.551. The number of hydrogen-bond donors (Lipinski definition) is 2. The van der Waals surface area contributed by atoms with E-state index in [0.717, 1.165) is 45.3 Å². The van der Waals surface area contributed by atoms with Crippen molar-refractivity contribution in [3.05, 3.63) is 59.1 Å². The number of hydrazine groups is 1. The van der Waals surface area contributed by atoms with Gasteiger partial charge in [-0.2, -0.15) is 5.10 Å². The summed E-state index contributed by atoms with van der Waals surface area (Å²) in [5, 5.41) is 16.9. The van der Waals surface area contributed by atoms with Crippen LogP contribution in [0, 0.1) is 13.8 Å². The maximum absolute atomic E-state index is 10.2. The second-order valence-corrected chi connectivity index (χ2v) is 10.5. The van der Waals surface area contributed by atoms with Crippen molar-refractivity contribution in [3.63, 3.8) is 0 Å². The van der Waals surface area contributed by atoms with Gasteiger partial charge in [-0.1, -0.05) is 12.2 Å². The van der Waals surface area contributed by atoms with Crippen molar-refractivity contribution in [1.29, 1.82) is 0 Å². The number of allylic oxidation sites excluding steroid dienone is 2. The number of hydrogen-bond acceptors (Lipinski definition) is 8. The van der Waals surface area contributed by atoms with Gasteiger partial charge in [-0.05, 0) is 46.4 Å². The number of likely N-dealkylation sites (N-methyl/N-ethyl adjacent to an activating group) is 1. The Bertz CT molecular complexity index is 1480. The predicted molar refractivity (Wildman–Crippen MR) is 142 cm³/mol. The lowest BCUT2D eigenvalue weighted by atomic mass is 9.96. The third-order valence-electron chi connectivity index (χ3n) is 7.21. The minimum Gasteiger partial charge on any atom is -0.473 e. The highest BCUT2D eigenvalue weighted by Gasteiger charge is 2.33. The number of aryl methyl sites for hydroxylation is 3. The van der Waals surface area contributed by atoms with Crippen LogP contribution in [0.15, 0.2) is 41.9 Å². The second kappa shape index (κ2) is 8.83. The van der Waals surface area contributed by atoms with Gasteiger partial charge < -0.3 is 14.9 Å². The van der Waals surface area contributed by atoms with Gasteiger partial charge in [-0.15, -0.1) is 0 Å². The molecule has 10 nitrogen and oxygen atoms in total. The first-order chi connectivity index (χ1) is 17.7. The third-order valence-corrected chi connectivity index (χ3v) is 7.21. The fourth-order valence-electron chi connectivity index (χ4n) is 5.67. The molecule has 3 unspecified atom stereocenters. The van der Waals surface area contributed by atoms with Crippen LogP contribution in [0.3, 0.4) is 0 Å². The number of rotatable bonds is 2. The molecule has 0 radical (unpaired) electrons. The Balaban J connectivity index is 1.58. The predicted octanol–water partition coefficient (Wildman–Crippen LogP) is 2.24. The van der Waals surface area contributed by atoms with Gasteiger partial charge in [0.05, 0.1) is 53.0 Å². The number of imidazole rings is 1. The van der Waals surface area contributed by atoms with Crippen LogP contribution >= 0.6 is 0 Å². The first-order valence-corrected chi connectivity index (χ1v) is 12.8. The minimum atomic E-state index is -0.464. The molecule has 0 fully saturated rings. The molecule has 2 aliphatic heterocycles. The lowest BCUT2D eigenvalue weighted by Gasteiger charge is -2.29. The largest absolute Gasteiger partial charge is 0.473 e. The van der Waals surface area contributed by atoms with Crippen LogP contribution in [0.2, 0.25) is 0 Å². The molecule has 0 saturated carbocycles. The van der Waals surface area contributed by atoms with Crippen LogP contribution < -0.4 is 10.2 Å². The number of fused-ring (bicyclic) bond motifs is 4. The van der Waals surface area contributed by atoms with Crippen molar-refractivity contribution in [2.24, 2.45) is 7.05 Å². The highest BCUT2D eigenvalue weighted by molar-refractivity contribution is 5.79. The molecular formula is C27H34N8O2. The minimum absolute atomic E-state index is 0.0541. The van der Waals surface area contributed by atoms with E-state index in [1.54, 1.807) is 4.68 Å². The zero-order valence-electron chi connectivity index (χ0n) is 22.2. The SMILES string of the molecule is Cc1nn(C)c2c1-c1cn3c(ncc3c(C)n1)C1=CC3=C(CN(C)CC(C)O2)N(CC(C)O)NC3C=C1. The summed E-state index contributed by atoms with van der Waals surface area (Å²) in [5.41, 5.74) is 11.4. The summed E-state index contributed by atoms with van der Waals surface area (Å²) in [6.45, 7) is 9.83. The summed E-state index contributed by atoms with van der Waals surface area (Å²) in [5.74, 6) is 1.57. The zero-order valence-corrected chi connectivity index (χ0v) is 22.2. The van der Waals surface area contributed by atoms with Crippen LogP contribution in [-0.4, -0.2) is 84.1 Å². The molecule has 3 aliphatic rings. The van der Waals surface area contributed by atoms with Crippen molar-refractivity contribution in [2.75, 3.05) is 26.7 Å². The number of β-amino-alcohol motifs (C(OH)–C–C–N with tert-alkyl or cyclic N) is 1. The Morgan fingerprint density at radius 3 is 2.84 bits per heavy atom. The highest BCUT2D eigenvalue weighted by atomic mass is 16.5. The van der Waals surface area contributed by atoms with Crippen LogP contribution in [0.4, 0.5) is 0 Å². The second-order valence-electron chi connectivity index (χ2n) is 10.5. The van der Waals surface area contributed by atoms with Crippen molar-refractivity contribution in [2.45, 2.75) is 45.9 Å². The topological polar surface area (TPSA) is 96.0 Å². The fourth-order valence-corrected chi connectivity index (χ4v) is 5.67. The maximum atomic E-state index is 10.2. The average molecular weight is 503 g/mol. The Kier molecular flexibility index (Phi) is 5.70. The summed E-state index contributed by atoms with van der Waals surface area (Å²) in [6.07, 6.45) is 9.91. The van der Waals surface area contributed by atoms with E-state index in [1.807, 2.05) is 40.2 Å². The number of ether oxygens (including phenoxy) is 1. The van der Waals surface area contributed by atoms with Gasteiger partial charge >= 0.3 is 0 Å². The lowest BCUT2D eigenvalue weighted by molar-refractivity contribution is 0.112. The van der Waals surface area contributed by atoms with Crippen LogP contribution in [0.25, 0.3) is 22.3 Å². The zero-order chi connectivity index (χ0) is 26.0. The normalized spacial score (nSPS) is 22.7. The highest BCUT2D eigenvalue weighted by Crippen LogP contribution is 2.36. The maximum Gasteiger partial charge on any atom is 0.221 e. The molecule has 0 amide bonds. The Morgan fingerprint density at radius 1 is 1.24 bits per heavy atom. The Hall–Kier alpha value is -3.47. The molecule has 3 aromatic heterocycles. The fraction of sp³-hybridized carbons (Fsp3) is 0.444. The van der Waals surface area contributed by atoms with E-state index in [1.165, 1.54) is 5.57 Å². The summed E-state index contributed by atoms with van der Waals surface area (Å²) in [6, 6.07) is 0.0541. The summed E-state index contributed by atoms with van der Waals surface area (Å²) >= 11 is 0. The molecule has 0 spiro atoms. The van der Waals surface area contributed by atoms with Gasteiger partial charge in [0.15, 0.2) is 0 Å². The van der Waals surface area contributed by atoms with Crippen molar-refractivity contribution in [3.8, 4) is 17.1 Å². The number of aliphatic hydroxyl groups excluding tert-OH is 1. The molecule has 4 bridgehead atoms. The van der Waals surface area contributed by atoms with E-state index < -0.39 is 6.10 Å². The molecule has 6 rings (SSSR count). The van der Waals surface area contributed by atoms with Gasteiger partial charge in [-0.25, -0.2) is 20.1 Å². The molecule has 3 aromatic rings. The first kappa shape index (κ1) is 23.9. The van der Waals surface area contributed by atoms with E-state index >= 15 is 0 Å². The summed E-state index contributed by atoms with van der Waals surface area (Å²) < 4.78 is 10.4. The number of nitrogens with one attached hydrogen (secondary N) is 1. The van der Waals surface area contributed by atoms with E-state index in [9.17, 15) is 5.11 Å². The van der Waals surface area contributed by atoms with Crippen molar-refractivity contribution < 1.29 is 9.84 Å². The van der Waals surface area contributed by atoms with E-state index in [4.69, 9.17) is 14.7 Å². The molecule has 37 heavy (non-hydrogen) atoms. The van der Waals surface area contributed by atoms with Crippen molar-refractivity contribution in [1.82, 2.24) is 39.5 Å². The van der Waals surface area contributed by atoms with Gasteiger partial charge in [-0.3, -0.25) is 9.30 Å². The molecular weight excluding hydrogens is 468 g/mol. The van der Waals surface area contributed by atoms with Crippen LogP contribution in [-0.2, 0) is 7.05 Å². The molecule has 10 heteroatoms. The standard InChI is InChI=1S/C27H34N8O2/c1-15(36)11-35-24-14-32(5)12-16(2)37-27-25(18(4)30-33(27)6)22-13-34-23(17(3)29-22)10-28-26(34)19-7-8-21(31-35)20(24)9-19/h7-10,13,15-16,21,31,36H,11-12,14H2,1-6H3. The molecule has 194 valence electrons. The molecule has 2 N–H and O–H groups in total. The molecule has 1 aliphatic carbocycles. The van der Waals surface area contributed by atoms with Gasteiger partial charge in [0.1, 0.15) is 11.9 Å². The smallest absolute Gasteiger partial charge is 0.221 e. The van der Waals surface area contributed by atoms with E-state index in [-0.39, 0.29) is 12.1 Å². The van der Waals surface area contributed by atoms with Gasteiger partial charge in [0.2, 0.25) is 5.88 Å². The molecule has 0 saturated heterocycles. The average Bonchev–Trinajstić information content (AvgIpc) is 3.47. The van der Waals surface area contributed by atoms with E-state index in [0.29, 0.717) is 25.5 Å². The first-order valence-electron chi connectivity index (χ1n) is 12.8. The van der Waals surface area contributed by atoms with Gasteiger partial charge in [0, 0.05) is 37.6 Å². The molecule has 5 heterocycles. The lowest BCUT2D eigenvalue weighted by Crippen LogP contribution is -2.43.